The second-order valence-corrected chi connectivity index (χ2v) is 7.72. The highest BCUT2D eigenvalue weighted by atomic mass is 35.5. The number of halogens is 1. The highest BCUT2D eigenvalue weighted by Crippen LogP contribution is 2.22. The summed E-state index contributed by atoms with van der Waals surface area (Å²) in [6.45, 7) is 12.1. The predicted octanol–water partition coefficient (Wildman–Crippen LogP) is -0.666. The van der Waals surface area contributed by atoms with Crippen molar-refractivity contribution in [1.82, 2.24) is 4.90 Å². The van der Waals surface area contributed by atoms with Gasteiger partial charge < -0.3 is 27.5 Å². The molecule has 0 radical (unpaired) electrons. The van der Waals surface area contributed by atoms with Crippen molar-refractivity contribution < 1.29 is 16.9 Å². The molecule has 24 heavy (non-hydrogen) atoms. The molecule has 3 rings (SSSR count). The van der Waals surface area contributed by atoms with Crippen molar-refractivity contribution >= 4 is 11.4 Å². The van der Waals surface area contributed by atoms with Gasteiger partial charge in [-0.25, -0.2) is 0 Å². The van der Waals surface area contributed by atoms with Gasteiger partial charge in [-0.05, 0) is 30.7 Å². The first kappa shape index (κ1) is 19.4. The molecule has 5 heteroatoms. The molecule has 2 heterocycles. The smallest absolute Gasteiger partial charge is 0.0796 e. The monoisotopic (exact) mass is 352 g/mol. The molecule has 0 aliphatic carbocycles. The van der Waals surface area contributed by atoms with E-state index in [-0.39, 0.29) is 12.4 Å². The maximum atomic E-state index is 5.93. The minimum absolute atomic E-state index is 0. The number of benzene rings is 1. The fraction of sp³-hybridized carbons (Fsp3) is 0.684. The largest absolute Gasteiger partial charge is 1.00 e. The number of hydrogen-bond donors (Lipinski definition) is 1. The lowest BCUT2D eigenvalue weighted by molar-refractivity contribution is -0.897. The molecule has 2 aliphatic heterocycles. The van der Waals surface area contributed by atoms with Crippen molar-refractivity contribution in [3.05, 3.63) is 23.8 Å². The second kappa shape index (κ2) is 8.41. The Morgan fingerprint density at radius 2 is 1.75 bits per heavy atom. The zero-order valence-electron chi connectivity index (χ0n) is 15.3. The number of anilines is 2. The minimum atomic E-state index is 0. The maximum absolute atomic E-state index is 5.93. The standard InChI is InChI=1S/C19H33N4.ClH/c1-17-16-18(6-7-19(17)20)22-11-9-21(10-12-22)8-5-15-23(2)13-3-4-14-23;/h6-7,16H,3-5,8-15,20H2,1-2H3;1H/q+1;/p-1. The van der Waals surface area contributed by atoms with E-state index in [1.165, 1.54) is 74.3 Å². The molecule has 0 atom stereocenters. The average Bonchev–Trinajstić information content (AvgIpc) is 2.98. The van der Waals surface area contributed by atoms with Crippen LogP contribution in [0.1, 0.15) is 24.8 Å². The summed E-state index contributed by atoms with van der Waals surface area (Å²) in [4.78, 5) is 5.14. The molecule has 0 unspecified atom stereocenters. The predicted molar refractivity (Wildman–Crippen MR) is 98.9 cm³/mol. The first-order valence-corrected chi connectivity index (χ1v) is 9.23. The van der Waals surface area contributed by atoms with E-state index < -0.39 is 0 Å². The molecule has 2 aliphatic rings. The van der Waals surface area contributed by atoms with Crippen molar-refractivity contribution in [2.45, 2.75) is 26.2 Å². The summed E-state index contributed by atoms with van der Waals surface area (Å²) in [6, 6.07) is 6.43. The maximum Gasteiger partial charge on any atom is 0.0796 e. The minimum Gasteiger partial charge on any atom is -1.00 e. The van der Waals surface area contributed by atoms with Crippen LogP contribution in [0.15, 0.2) is 18.2 Å². The Labute approximate surface area is 153 Å². The fourth-order valence-electron chi connectivity index (χ4n) is 4.08. The molecule has 2 fully saturated rings. The number of quaternary nitrogens is 1. The van der Waals surface area contributed by atoms with Gasteiger partial charge in [0, 0.05) is 63.4 Å². The second-order valence-electron chi connectivity index (χ2n) is 7.72. The van der Waals surface area contributed by atoms with Gasteiger partial charge in [0.05, 0.1) is 26.7 Å². The zero-order valence-corrected chi connectivity index (χ0v) is 16.1. The van der Waals surface area contributed by atoms with Crippen LogP contribution in [0.4, 0.5) is 11.4 Å². The number of hydrogen-bond acceptors (Lipinski definition) is 3. The van der Waals surface area contributed by atoms with E-state index in [4.69, 9.17) is 5.73 Å². The summed E-state index contributed by atoms with van der Waals surface area (Å²) in [5, 5.41) is 0. The molecule has 0 bridgehead atoms. The number of aryl methyl sites for hydroxylation is 1. The lowest BCUT2D eigenvalue weighted by atomic mass is 10.1. The number of nitrogen functional groups attached to an aromatic ring is 1. The topological polar surface area (TPSA) is 32.5 Å². The molecule has 2 saturated heterocycles. The Balaban J connectivity index is 0.00000208. The lowest BCUT2D eigenvalue weighted by Crippen LogP contribution is -3.00. The third kappa shape index (κ3) is 4.78. The van der Waals surface area contributed by atoms with Gasteiger partial charge in [0.15, 0.2) is 0 Å². The van der Waals surface area contributed by atoms with E-state index in [9.17, 15) is 0 Å². The summed E-state index contributed by atoms with van der Waals surface area (Å²) in [5.41, 5.74) is 9.34. The molecule has 0 amide bonds. The summed E-state index contributed by atoms with van der Waals surface area (Å²) in [5.74, 6) is 0. The third-order valence-corrected chi connectivity index (χ3v) is 5.81. The SMILES string of the molecule is Cc1cc(N2CCN(CCC[N+]3(C)CCCC3)CC2)ccc1N.[Cl-]. The normalized spacial score (nSPS) is 20.8. The van der Waals surface area contributed by atoms with Crippen molar-refractivity contribution in [1.29, 1.82) is 0 Å². The Morgan fingerprint density at radius 1 is 1.08 bits per heavy atom. The van der Waals surface area contributed by atoms with E-state index in [0.29, 0.717) is 0 Å². The average molecular weight is 353 g/mol. The Hall–Kier alpha value is -0.970. The van der Waals surface area contributed by atoms with Crippen molar-refractivity contribution in [2.75, 3.05) is 70.0 Å². The van der Waals surface area contributed by atoms with Crippen LogP contribution in [0.2, 0.25) is 0 Å². The Bertz CT molecular complexity index is 520. The highest BCUT2D eigenvalue weighted by Gasteiger charge is 2.26. The van der Waals surface area contributed by atoms with E-state index in [0.717, 1.165) is 18.8 Å². The molecular formula is C19H33ClN4. The van der Waals surface area contributed by atoms with E-state index >= 15 is 0 Å². The van der Waals surface area contributed by atoms with Crippen LogP contribution < -0.4 is 23.0 Å². The molecule has 0 saturated carbocycles. The Morgan fingerprint density at radius 3 is 2.38 bits per heavy atom. The lowest BCUT2D eigenvalue weighted by Gasteiger charge is -2.37. The number of piperazine rings is 1. The zero-order chi connectivity index (χ0) is 16.3. The first-order chi connectivity index (χ1) is 11.1. The van der Waals surface area contributed by atoms with Crippen LogP contribution >= 0.6 is 0 Å². The fourth-order valence-corrected chi connectivity index (χ4v) is 4.08. The van der Waals surface area contributed by atoms with Crippen LogP contribution in [0.5, 0.6) is 0 Å². The van der Waals surface area contributed by atoms with Gasteiger partial charge >= 0.3 is 0 Å². The first-order valence-electron chi connectivity index (χ1n) is 9.23. The summed E-state index contributed by atoms with van der Waals surface area (Å²) in [7, 11) is 2.44. The molecule has 0 spiro atoms. The van der Waals surface area contributed by atoms with Gasteiger partial charge in [-0.15, -0.1) is 0 Å². The van der Waals surface area contributed by atoms with Gasteiger partial charge in [-0.1, -0.05) is 0 Å². The van der Waals surface area contributed by atoms with Crippen LogP contribution in [-0.4, -0.2) is 68.8 Å². The molecule has 1 aromatic carbocycles. The molecule has 4 nitrogen and oxygen atoms in total. The van der Waals surface area contributed by atoms with E-state index in [1.54, 1.807) is 0 Å². The molecular weight excluding hydrogens is 320 g/mol. The summed E-state index contributed by atoms with van der Waals surface area (Å²) in [6.07, 6.45) is 4.20. The van der Waals surface area contributed by atoms with E-state index in [1.807, 2.05) is 6.07 Å². The van der Waals surface area contributed by atoms with Crippen molar-refractivity contribution in [2.24, 2.45) is 0 Å². The van der Waals surface area contributed by atoms with Crippen molar-refractivity contribution in [3.8, 4) is 0 Å². The number of rotatable bonds is 5. The number of likely N-dealkylation sites (tertiary alicyclic amines) is 1. The quantitative estimate of drug-likeness (QED) is 0.564. The molecule has 0 aromatic heterocycles. The summed E-state index contributed by atoms with van der Waals surface area (Å²) < 4.78 is 1.31. The Kier molecular flexibility index (Phi) is 6.79. The van der Waals surface area contributed by atoms with Crippen LogP contribution in [0, 0.1) is 6.92 Å². The van der Waals surface area contributed by atoms with Gasteiger partial charge in [0.1, 0.15) is 0 Å². The highest BCUT2D eigenvalue weighted by molar-refractivity contribution is 5.58. The molecule has 1 aromatic rings. The van der Waals surface area contributed by atoms with Crippen LogP contribution in [-0.2, 0) is 0 Å². The van der Waals surface area contributed by atoms with Crippen LogP contribution in [0.25, 0.3) is 0 Å². The number of nitrogens with zero attached hydrogens (tertiary/aromatic N) is 3. The van der Waals surface area contributed by atoms with Gasteiger partial charge in [-0.3, -0.25) is 4.90 Å². The van der Waals surface area contributed by atoms with E-state index in [2.05, 4.69) is 35.9 Å². The van der Waals surface area contributed by atoms with Crippen LogP contribution in [0.3, 0.4) is 0 Å². The van der Waals surface area contributed by atoms with Gasteiger partial charge in [-0.2, -0.15) is 0 Å². The molecule has 136 valence electrons. The molecule has 2 N–H and O–H groups in total. The third-order valence-electron chi connectivity index (χ3n) is 5.81. The van der Waals surface area contributed by atoms with Gasteiger partial charge in [0.2, 0.25) is 0 Å². The van der Waals surface area contributed by atoms with Crippen molar-refractivity contribution in [3.63, 3.8) is 0 Å². The summed E-state index contributed by atoms with van der Waals surface area (Å²) >= 11 is 0. The number of nitrogens with two attached hydrogens (primary N) is 1. The van der Waals surface area contributed by atoms with Gasteiger partial charge in [0.25, 0.3) is 0 Å².